The van der Waals surface area contributed by atoms with Gasteiger partial charge in [0.05, 0.1) is 16.6 Å². The van der Waals surface area contributed by atoms with E-state index in [-0.39, 0.29) is 12.0 Å². The zero-order valence-corrected chi connectivity index (χ0v) is 21.4. The van der Waals surface area contributed by atoms with E-state index in [0.29, 0.717) is 53.1 Å². The monoisotopic (exact) mass is 525 g/mol. The minimum atomic E-state index is -1.38. The third-order valence-electron chi connectivity index (χ3n) is 6.58. The van der Waals surface area contributed by atoms with E-state index in [0.717, 1.165) is 16.7 Å². The van der Waals surface area contributed by atoms with Gasteiger partial charge in [-0.25, -0.2) is 9.37 Å². The minimum absolute atomic E-state index is 0.226. The number of benzene rings is 3. The first-order chi connectivity index (χ1) is 18.9. The SMILES string of the molecule is C/C=C(/c1ccccc1)c1cc(-c2ccc3c(=O)n(-c4ccc(F)cc4)c(CCCCC(O)O)nc3c2)no1. The molecule has 0 aliphatic rings. The maximum atomic E-state index is 13.6. The van der Waals surface area contributed by atoms with E-state index in [9.17, 15) is 19.4 Å². The molecule has 8 heteroatoms. The van der Waals surface area contributed by atoms with Gasteiger partial charge in [0, 0.05) is 23.6 Å². The number of halogens is 1. The molecule has 2 aromatic heterocycles. The Balaban J connectivity index is 1.54. The Hall–Kier alpha value is -4.40. The molecule has 2 heterocycles. The topological polar surface area (TPSA) is 101 Å². The number of allylic oxidation sites excluding steroid dienone is 1. The fraction of sp³-hybridized carbons (Fsp3) is 0.194. The van der Waals surface area contributed by atoms with Crippen LogP contribution >= 0.6 is 0 Å². The molecule has 0 unspecified atom stereocenters. The van der Waals surface area contributed by atoms with E-state index >= 15 is 0 Å². The standard InChI is InChI=1S/C31H28FN3O4/c1-2-24(20-8-4-3-5-9-20)28-19-26(34-39-28)21-12-17-25-27(18-21)33-29(10-6-7-11-30(36)37)35(31(25)38)23-15-13-22(32)14-16-23/h2-5,8-9,12-19,30,36-37H,6-7,10-11H2,1H3/b24-2-. The third kappa shape index (κ3) is 5.72. The zero-order valence-electron chi connectivity index (χ0n) is 21.4. The molecule has 0 spiro atoms. The number of hydrogen-bond donors (Lipinski definition) is 2. The van der Waals surface area contributed by atoms with Crippen LogP contribution in [0.15, 0.2) is 94.3 Å². The molecule has 0 saturated heterocycles. The number of rotatable bonds is 9. The van der Waals surface area contributed by atoms with Gasteiger partial charge in [-0.1, -0.05) is 47.6 Å². The molecule has 7 nitrogen and oxygen atoms in total. The van der Waals surface area contributed by atoms with Crippen molar-refractivity contribution in [3.8, 4) is 16.9 Å². The maximum Gasteiger partial charge on any atom is 0.265 e. The second-order valence-corrected chi connectivity index (χ2v) is 9.25. The molecule has 0 saturated carbocycles. The Morgan fingerprint density at radius 3 is 2.51 bits per heavy atom. The summed E-state index contributed by atoms with van der Waals surface area (Å²) in [5.74, 6) is 0.735. The van der Waals surface area contributed by atoms with Crippen LogP contribution < -0.4 is 5.56 Å². The van der Waals surface area contributed by atoms with Crippen LogP contribution in [0.2, 0.25) is 0 Å². The summed E-state index contributed by atoms with van der Waals surface area (Å²) in [7, 11) is 0. The summed E-state index contributed by atoms with van der Waals surface area (Å²) in [4.78, 5) is 18.4. The van der Waals surface area contributed by atoms with Crippen LogP contribution in [0, 0.1) is 5.82 Å². The highest BCUT2D eigenvalue weighted by Crippen LogP contribution is 2.29. The van der Waals surface area contributed by atoms with Gasteiger partial charge in [0.15, 0.2) is 12.1 Å². The van der Waals surface area contributed by atoms with E-state index in [1.54, 1.807) is 18.2 Å². The third-order valence-corrected chi connectivity index (χ3v) is 6.58. The highest BCUT2D eigenvalue weighted by molar-refractivity contribution is 5.84. The van der Waals surface area contributed by atoms with E-state index in [1.807, 2.05) is 61.5 Å². The van der Waals surface area contributed by atoms with Gasteiger partial charge in [0.2, 0.25) is 0 Å². The summed E-state index contributed by atoms with van der Waals surface area (Å²) in [6.07, 6.45) is 2.38. The van der Waals surface area contributed by atoms with Crippen molar-refractivity contribution < 1.29 is 19.1 Å². The number of aliphatic hydroxyl groups excluding tert-OH is 1. The molecular weight excluding hydrogens is 497 g/mol. The lowest BCUT2D eigenvalue weighted by Crippen LogP contribution is -2.24. The van der Waals surface area contributed by atoms with E-state index in [2.05, 4.69) is 5.16 Å². The molecule has 39 heavy (non-hydrogen) atoms. The first-order valence-corrected chi connectivity index (χ1v) is 12.8. The number of nitrogens with zero attached hydrogens (tertiary/aromatic N) is 3. The predicted molar refractivity (Wildman–Crippen MR) is 148 cm³/mol. The maximum absolute atomic E-state index is 13.6. The zero-order chi connectivity index (χ0) is 27.4. The highest BCUT2D eigenvalue weighted by atomic mass is 19.1. The van der Waals surface area contributed by atoms with Gasteiger partial charge in [0.1, 0.15) is 17.3 Å². The van der Waals surface area contributed by atoms with Crippen LogP contribution in [0.3, 0.4) is 0 Å². The van der Waals surface area contributed by atoms with Crippen molar-refractivity contribution in [3.63, 3.8) is 0 Å². The molecule has 0 fully saturated rings. The number of aliphatic hydroxyl groups is 2. The fourth-order valence-corrected chi connectivity index (χ4v) is 4.63. The quantitative estimate of drug-likeness (QED) is 0.190. The minimum Gasteiger partial charge on any atom is -0.368 e. The van der Waals surface area contributed by atoms with Gasteiger partial charge in [-0.05, 0) is 68.1 Å². The number of aromatic nitrogens is 3. The van der Waals surface area contributed by atoms with Gasteiger partial charge in [0.25, 0.3) is 5.56 Å². The van der Waals surface area contributed by atoms with Gasteiger partial charge in [-0.15, -0.1) is 0 Å². The van der Waals surface area contributed by atoms with Crippen LogP contribution in [0.4, 0.5) is 4.39 Å². The van der Waals surface area contributed by atoms with E-state index in [4.69, 9.17) is 9.51 Å². The molecule has 5 rings (SSSR count). The Labute approximate surface area is 224 Å². The van der Waals surface area contributed by atoms with Crippen molar-refractivity contribution in [2.45, 2.75) is 38.9 Å². The molecule has 2 N–H and O–H groups in total. The molecule has 0 amide bonds. The number of hydrogen-bond acceptors (Lipinski definition) is 6. The summed E-state index contributed by atoms with van der Waals surface area (Å²) in [6, 6.07) is 22.8. The molecule has 0 radical (unpaired) electrons. The van der Waals surface area contributed by atoms with Crippen molar-refractivity contribution in [2.24, 2.45) is 0 Å². The largest absolute Gasteiger partial charge is 0.368 e. The summed E-state index contributed by atoms with van der Waals surface area (Å²) in [6.45, 7) is 1.94. The first kappa shape index (κ1) is 26.2. The smallest absolute Gasteiger partial charge is 0.265 e. The van der Waals surface area contributed by atoms with Crippen LogP contribution in [-0.2, 0) is 6.42 Å². The Kier molecular flexibility index (Phi) is 7.76. The summed E-state index contributed by atoms with van der Waals surface area (Å²) in [5, 5.41) is 23.1. The van der Waals surface area contributed by atoms with Crippen LogP contribution in [-0.4, -0.2) is 31.2 Å². The Morgan fingerprint density at radius 1 is 1.03 bits per heavy atom. The van der Waals surface area contributed by atoms with Gasteiger partial charge in [-0.3, -0.25) is 9.36 Å². The molecule has 0 bridgehead atoms. The van der Waals surface area contributed by atoms with Gasteiger partial charge < -0.3 is 14.7 Å². The van der Waals surface area contributed by atoms with Gasteiger partial charge >= 0.3 is 0 Å². The molecular formula is C31H28FN3O4. The molecule has 0 atom stereocenters. The second-order valence-electron chi connectivity index (χ2n) is 9.25. The average Bonchev–Trinajstić information content (AvgIpc) is 3.42. The van der Waals surface area contributed by atoms with Crippen molar-refractivity contribution in [1.29, 1.82) is 0 Å². The number of fused-ring (bicyclic) bond motifs is 1. The summed E-state index contributed by atoms with van der Waals surface area (Å²) in [5.41, 5.74) is 4.06. The normalized spacial score (nSPS) is 12.0. The molecule has 0 aliphatic heterocycles. The molecule has 3 aromatic carbocycles. The lowest BCUT2D eigenvalue weighted by molar-refractivity contribution is -0.0465. The van der Waals surface area contributed by atoms with Crippen molar-refractivity contribution >= 4 is 16.5 Å². The fourth-order valence-electron chi connectivity index (χ4n) is 4.63. The second kappa shape index (κ2) is 11.6. The Morgan fingerprint density at radius 2 is 1.79 bits per heavy atom. The van der Waals surface area contributed by atoms with Crippen LogP contribution in [0.1, 0.15) is 43.3 Å². The van der Waals surface area contributed by atoms with Crippen molar-refractivity contribution in [1.82, 2.24) is 14.7 Å². The van der Waals surface area contributed by atoms with Crippen LogP contribution in [0.25, 0.3) is 33.4 Å². The van der Waals surface area contributed by atoms with Crippen molar-refractivity contribution in [2.75, 3.05) is 0 Å². The first-order valence-electron chi connectivity index (χ1n) is 12.8. The van der Waals surface area contributed by atoms with Gasteiger partial charge in [-0.2, -0.15) is 0 Å². The summed E-state index contributed by atoms with van der Waals surface area (Å²) >= 11 is 0. The Bertz CT molecular complexity index is 1670. The van der Waals surface area contributed by atoms with E-state index < -0.39 is 12.1 Å². The average molecular weight is 526 g/mol. The van der Waals surface area contributed by atoms with Crippen molar-refractivity contribution in [3.05, 3.63) is 118 Å². The number of unbranched alkanes of at least 4 members (excludes halogenated alkanes) is 1. The predicted octanol–water partition coefficient (Wildman–Crippen LogP) is 5.65. The highest BCUT2D eigenvalue weighted by Gasteiger charge is 2.16. The lowest BCUT2D eigenvalue weighted by Gasteiger charge is -2.14. The molecule has 198 valence electrons. The van der Waals surface area contributed by atoms with E-state index in [1.165, 1.54) is 16.7 Å². The number of aryl methyl sites for hydroxylation is 1. The van der Waals surface area contributed by atoms with Crippen LogP contribution in [0.5, 0.6) is 0 Å². The molecule has 0 aliphatic carbocycles. The lowest BCUT2D eigenvalue weighted by atomic mass is 10.0. The summed E-state index contributed by atoms with van der Waals surface area (Å²) < 4.78 is 20.8. The molecule has 5 aromatic rings.